The molecule has 0 aromatic carbocycles. The van der Waals surface area contributed by atoms with Crippen LogP contribution in [0.25, 0.3) is 0 Å². The van der Waals surface area contributed by atoms with E-state index in [0.717, 1.165) is 12.3 Å². The zero-order valence-corrected chi connectivity index (χ0v) is 6.55. The molecule has 2 bridgehead atoms. The van der Waals surface area contributed by atoms with Crippen LogP contribution in [-0.2, 0) is 4.79 Å². The first-order valence-electron chi connectivity index (χ1n) is 4.31. The average Bonchev–Trinajstić information content (AvgIpc) is 2.62. The van der Waals surface area contributed by atoms with E-state index in [1.54, 1.807) is 0 Å². The normalized spacial score (nSPS) is 41.0. The Balaban J connectivity index is 2.02. The molecule has 3 nitrogen and oxygen atoms in total. The summed E-state index contributed by atoms with van der Waals surface area (Å²) in [5, 5.41) is 0. The van der Waals surface area contributed by atoms with Gasteiger partial charge < -0.3 is 0 Å². The highest BCUT2D eigenvalue weighted by atomic mass is 16.2. The maximum atomic E-state index is 11.2. The second-order valence-corrected chi connectivity index (χ2v) is 3.79. The molecule has 2 fully saturated rings. The lowest BCUT2D eigenvalue weighted by molar-refractivity contribution is -0.126. The number of nitrogens with two attached hydrogens (primary N) is 1. The molecule has 1 amide bonds. The molecular weight excluding hydrogens is 140 g/mol. The monoisotopic (exact) mass is 154 g/mol. The number of hydrogen-bond acceptors (Lipinski definition) is 2. The van der Waals surface area contributed by atoms with Crippen molar-refractivity contribution in [3.63, 3.8) is 0 Å². The molecule has 2 aliphatic rings. The molecule has 3 heteroatoms. The molecule has 0 unspecified atom stereocenters. The fourth-order valence-electron chi connectivity index (χ4n) is 2.67. The summed E-state index contributed by atoms with van der Waals surface area (Å²) in [5.41, 5.74) is 2.25. The molecule has 2 aliphatic carbocycles. The van der Waals surface area contributed by atoms with E-state index in [0.29, 0.717) is 5.92 Å². The summed E-state index contributed by atoms with van der Waals surface area (Å²) >= 11 is 0. The van der Waals surface area contributed by atoms with Gasteiger partial charge in [0.2, 0.25) is 5.91 Å². The Morgan fingerprint density at radius 3 is 2.64 bits per heavy atom. The van der Waals surface area contributed by atoms with E-state index in [9.17, 15) is 4.79 Å². The number of amides is 1. The molecule has 0 aliphatic heterocycles. The minimum absolute atomic E-state index is 0.0530. The lowest BCUT2D eigenvalue weighted by Gasteiger charge is -2.19. The maximum absolute atomic E-state index is 11.2. The van der Waals surface area contributed by atoms with Crippen LogP contribution in [0.5, 0.6) is 0 Å². The SMILES string of the molecule is NNC(=O)[C@H]1C[C@H]2CC[C@H]1C2. The first-order chi connectivity index (χ1) is 5.31. The van der Waals surface area contributed by atoms with Crippen molar-refractivity contribution in [2.45, 2.75) is 25.7 Å². The molecular formula is C8H14N2O. The zero-order chi connectivity index (χ0) is 7.84. The maximum Gasteiger partial charge on any atom is 0.237 e. The van der Waals surface area contributed by atoms with Crippen molar-refractivity contribution < 1.29 is 4.79 Å². The molecule has 3 atom stereocenters. The largest absolute Gasteiger partial charge is 0.294 e. The Bertz CT molecular complexity index is 181. The highest BCUT2D eigenvalue weighted by molar-refractivity contribution is 5.78. The van der Waals surface area contributed by atoms with Gasteiger partial charge in [-0.2, -0.15) is 0 Å². The average molecular weight is 154 g/mol. The summed E-state index contributed by atoms with van der Waals surface area (Å²) in [4.78, 5) is 11.2. The van der Waals surface area contributed by atoms with Crippen molar-refractivity contribution in [3.8, 4) is 0 Å². The van der Waals surface area contributed by atoms with Crippen molar-refractivity contribution >= 4 is 5.91 Å². The van der Waals surface area contributed by atoms with Gasteiger partial charge in [-0.25, -0.2) is 5.84 Å². The van der Waals surface area contributed by atoms with Crippen LogP contribution in [0.2, 0.25) is 0 Å². The summed E-state index contributed by atoms with van der Waals surface area (Å²) in [5.74, 6) is 6.84. The van der Waals surface area contributed by atoms with Crippen molar-refractivity contribution in [2.75, 3.05) is 0 Å². The molecule has 0 aromatic rings. The van der Waals surface area contributed by atoms with E-state index < -0.39 is 0 Å². The summed E-state index contributed by atoms with van der Waals surface area (Å²) in [6.45, 7) is 0. The van der Waals surface area contributed by atoms with Crippen molar-refractivity contribution in [2.24, 2.45) is 23.6 Å². The first kappa shape index (κ1) is 7.10. The predicted molar refractivity (Wildman–Crippen MR) is 41.3 cm³/mol. The van der Waals surface area contributed by atoms with E-state index >= 15 is 0 Å². The van der Waals surface area contributed by atoms with Crippen LogP contribution >= 0.6 is 0 Å². The number of rotatable bonds is 1. The third-order valence-electron chi connectivity index (χ3n) is 3.22. The molecule has 2 saturated carbocycles. The van der Waals surface area contributed by atoms with Crippen molar-refractivity contribution in [1.82, 2.24) is 5.43 Å². The molecule has 0 saturated heterocycles. The minimum Gasteiger partial charge on any atom is -0.294 e. The molecule has 0 spiro atoms. The third kappa shape index (κ3) is 1.03. The van der Waals surface area contributed by atoms with Gasteiger partial charge >= 0.3 is 0 Å². The molecule has 2 rings (SSSR count). The number of fused-ring (bicyclic) bond motifs is 2. The second kappa shape index (κ2) is 2.48. The van der Waals surface area contributed by atoms with E-state index in [1.807, 2.05) is 0 Å². The van der Waals surface area contributed by atoms with Gasteiger partial charge in [-0.15, -0.1) is 0 Å². The van der Waals surface area contributed by atoms with E-state index in [-0.39, 0.29) is 11.8 Å². The number of carbonyl (C=O) groups excluding carboxylic acids is 1. The van der Waals surface area contributed by atoms with E-state index in [1.165, 1.54) is 19.3 Å². The lowest BCUT2D eigenvalue weighted by Crippen LogP contribution is -2.37. The zero-order valence-electron chi connectivity index (χ0n) is 6.55. The summed E-state index contributed by atoms with van der Waals surface area (Å²) in [6.07, 6.45) is 4.91. The quantitative estimate of drug-likeness (QED) is 0.326. The Labute approximate surface area is 66.3 Å². The van der Waals surface area contributed by atoms with Crippen LogP contribution in [0, 0.1) is 17.8 Å². The summed E-state index contributed by atoms with van der Waals surface area (Å²) in [7, 11) is 0. The molecule has 0 heterocycles. The van der Waals surface area contributed by atoms with Crippen LogP contribution < -0.4 is 11.3 Å². The molecule has 62 valence electrons. The molecule has 3 N–H and O–H groups in total. The minimum atomic E-state index is 0.0530. The summed E-state index contributed by atoms with van der Waals surface area (Å²) in [6, 6.07) is 0. The Hall–Kier alpha value is -0.570. The topological polar surface area (TPSA) is 55.1 Å². The Kier molecular flexibility index (Phi) is 1.60. The van der Waals surface area contributed by atoms with Gasteiger partial charge in [0, 0.05) is 5.92 Å². The van der Waals surface area contributed by atoms with Gasteiger partial charge in [-0.3, -0.25) is 10.2 Å². The highest BCUT2D eigenvalue weighted by Gasteiger charge is 2.42. The third-order valence-corrected chi connectivity index (χ3v) is 3.22. The fraction of sp³-hybridized carbons (Fsp3) is 0.875. The van der Waals surface area contributed by atoms with Crippen molar-refractivity contribution in [3.05, 3.63) is 0 Å². The standard InChI is InChI=1S/C8H14N2O/c9-10-8(11)7-4-5-1-2-6(7)3-5/h5-7H,1-4,9H2,(H,10,11)/t5-,6-,7-/m0/s1. The highest BCUT2D eigenvalue weighted by Crippen LogP contribution is 2.48. The molecule has 0 radical (unpaired) electrons. The lowest BCUT2D eigenvalue weighted by atomic mass is 9.88. The molecule has 11 heavy (non-hydrogen) atoms. The van der Waals surface area contributed by atoms with Crippen LogP contribution in [0.4, 0.5) is 0 Å². The summed E-state index contributed by atoms with van der Waals surface area (Å²) < 4.78 is 0. The van der Waals surface area contributed by atoms with Gasteiger partial charge in [0.05, 0.1) is 0 Å². The number of carbonyl (C=O) groups is 1. The van der Waals surface area contributed by atoms with Gasteiger partial charge in [0.25, 0.3) is 0 Å². The van der Waals surface area contributed by atoms with Crippen molar-refractivity contribution in [1.29, 1.82) is 0 Å². The predicted octanol–water partition coefficient (Wildman–Crippen LogP) is 0.412. The van der Waals surface area contributed by atoms with Gasteiger partial charge in [0.1, 0.15) is 0 Å². The van der Waals surface area contributed by atoms with Gasteiger partial charge in [0.15, 0.2) is 0 Å². The van der Waals surface area contributed by atoms with Gasteiger partial charge in [-0.1, -0.05) is 6.42 Å². The van der Waals surface area contributed by atoms with Crippen LogP contribution in [0.3, 0.4) is 0 Å². The Morgan fingerprint density at radius 1 is 1.36 bits per heavy atom. The van der Waals surface area contributed by atoms with E-state index in [2.05, 4.69) is 5.43 Å². The second-order valence-electron chi connectivity index (χ2n) is 3.79. The van der Waals surface area contributed by atoms with E-state index in [4.69, 9.17) is 5.84 Å². The fourth-order valence-corrected chi connectivity index (χ4v) is 2.67. The molecule has 0 aromatic heterocycles. The number of nitrogens with one attached hydrogen (secondary N) is 1. The first-order valence-corrected chi connectivity index (χ1v) is 4.31. The number of hydrazine groups is 1. The van der Waals surface area contributed by atoms with Crippen LogP contribution in [0.15, 0.2) is 0 Å². The van der Waals surface area contributed by atoms with Crippen LogP contribution in [-0.4, -0.2) is 5.91 Å². The van der Waals surface area contributed by atoms with Crippen LogP contribution in [0.1, 0.15) is 25.7 Å². The number of hydrogen-bond donors (Lipinski definition) is 2. The smallest absolute Gasteiger partial charge is 0.237 e. The Morgan fingerprint density at radius 2 is 2.18 bits per heavy atom. The van der Waals surface area contributed by atoms with Gasteiger partial charge in [-0.05, 0) is 31.1 Å².